The van der Waals surface area contributed by atoms with Crippen molar-refractivity contribution in [2.75, 3.05) is 26.3 Å². The summed E-state index contributed by atoms with van der Waals surface area (Å²) in [5.74, 6) is -0.633. The Hall–Kier alpha value is -3.57. The zero-order valence-electron chi connectivity index (χ0n) is 22.1. The van der Waals surface area contributed by atoms with Gasteiger partial charge in [-0.05, 0) is 107 Å². The highest BCUT2D eigenvalue weighted by Gasteiger charge is 2.27. The van der Waals surface area contributed by atoms with Crippen molar-refractivity contribution in [1.82, 2.24) is 4.90 Å². The molecule has 0 aromatic heterocycles. The van der Waals surface area contributed by atoms with Crippen LogP contribution in [0.1, 0.15) is 81.8 Å². The smallest absolute Gasteiger partial charge is 0.335 e. The van der Waals surface area contributed by atoms with Gasteiger partial charge in [0.2, 0.25) is 0 Å². The molecule has 6 rings (SSSR count). The standard InChI is InChI=1S/C34H33F2NO2/c35-15-2-16-37-20-23(21-37)17-22-5-7-25(8-6-22)33-29-13-12-28(34(38)39)18-27(29)3-1-4-31(33)30-14-11-26(19-32(30)36)24-9-10-24/h5-8,11-14,17-19,24H,1-4,9-10,15-16,20-21H2,(H,38,39). The molecule has 0 atom stereocenters. The van der Waals surface area contributed by atoms with Gasteiger partial charge in [0.25, 0.3) is 0 Å². The van der Waals surface area contributed by atoms with Gasteiger partial charge in [0.05, 0.1) is 12.2 Å². The molecule has 2 aliphatic carbocycles. The first-order valence-corrected chi connectivity index (χ1v) is 14.0. The van der Waals surface area contributed by atoms with Crippen molar-refractivity contribution < 1.29 is 18.7 Å². The lowest BCUT2D eigenvalue weighted by Gasteiger charge is -2.33. The summed E-state index contributed by atoms with van der Waals surface area (Å²) >= 11 is 0. The minimum Gasteiger partial charge on any atom is -0.478 e. The summed E-state index contributed by atoms with van der Waals surface area (Å²) in [6.45, 7) is 2.29. The molecule has 0 spiro atoms. The number of fused-ring (bicyclic) bond motifs is 1. The van der Waals surface area contributed by atoms with Gasteiger partial charge in [-0.3, -0.25) is 9.29 Å². The SMILES string of the molecule is O=C(O)c1ccc2c(c1)CCCC(c1ccc(C3CC3)cc1F)=C2c1ccc(C=C2CN(CCCF)C2)cc1. The first-order chi connectivity index (χ1) is 19.0. The molecule has 1 aliphatic heterocycles. The number of nitrogens with zero attached hydrogens (tertiary/aromatic N) is 1. The van der Waals surface area contributed by atoms with Crippen LogP contribution in [0.3, 0.4) is 0 Å². The number of carboxylic acids is 1. The molecule has 3 aromatic rings. The van der Waals surface area contributed by atoms with Gasteiger partial charge in [-0.1, -0.05) is 48.5 Å². The van der Waals surface area contributed by atoms with Gasteiger partial charge in [0.1, 0.15) is 5.82 Å². The second-order valence-corrected chi connectivity index (χ2v) is 11.1. The Bertz CT molecular complexity index is 1460. The van der Waals surface area contributed by atoms with E-state index in [0.717, 1.165) is 84.3 Å². The van der Waals surface area contributed by atoms with Crippen LogP contribution in [-0.2, 0) is 6.42 Å². The molecule has 0 bridgehead atoms. The summed E-state index contributed by atoms with van der Waals surface area (Å²) < 4.78 is 28.0. The van der Waals surface area contributed by atoms with Crippen LogP contribution in [0, 0.1) is 5.82 Å². The Balaban J connectivity index is 1.39. The number of carbonyl (C=O) groups is 1. The zero-order chi connectivity index (χ0) is 26.9. The topological polar surface area (TPSA) is 40.5 Å². The molecule has 39 heavy (non-hydrogen) atoms. The van der Waals surface area contributed by atoms with Gasteiger partial charge in [-0.15, -0.1) is 0 Å². The lowest BCUT2D eigenvalue weighted by atomic mass is 9.86. The quantitative estimate of drug-likeness (QED) is 0.327. The summed E-state index contributed by atoms with van der Waals surface area (Å²) in [4.78, 5) is 13.9. The van der Waals surface area contributed by atoms with E-state index in [-0.39, 0.29) is 18.1 Å². The first-order valence-electron chi connectivity index (χ1n) is 14.0. The van der Waals surface area contributed by atoms with Gasteiger partial charge >= 0.3 is 5.97 Å². The van der Waals surface area contributed by atoms with Crippen LogP contribution in [0.5, 0.6) is 0 Å². The fraction of sp³-hybridized carbons (Fsp3) is 0.324. The fourth-order valence-corrected chi connectivity index (χ4v) is 6.01. The summed E-state index contributed by atoms with van der Waals surface area (Å²) in [6.07, 6.45) is 7.32. The minimum atomic E-state index is -0.939. The van der Waals surface area contributed by atoms with E-state index in [9.17, 15) is 14.3 Å². The molecule has 1 N–H and O–H groups in total. The van der Waals surface area contributed by atoms with Gasteiger partial charge < -0.3 is 5.11 Å². The minimum absolute atomic E-state index is 0.179. The molecule has 200 valence electrons. The first kappa shape index (κ1) is 25.7. The number of halogens is 2. The van der Waals surface area contributed by atoms with Crippen LogP contribution in [0.2, 0.25) is 0 Å². The number of rotatable bonds is 8. The Morgan fingerprint density at radius 3 is 2.44 bits per heavy atom. The number of alkyl halides is 1. The third-order valence-corrected chi connectivity index (χ3v) is 8.19. The average molecular weight is 526 g/mol. The summed E-state index contributed by atoms with van der Waals surface area (Å²) in [5.41, 5.74) is 9.37. The molecule has 3 aliphatic rings. The molecule has 3 aromatic carbocycles. The number of allylic oxidation sites excluding steroid dienone is 1. The molecular weight excluding hydrogens is 492 g/mol. The number of hydrogen-bond acceptors (Lipinski definition) is 2. The zero-order valence-corrected chi connectivity index (χ0v) is 22.1. The van der Waals surface area contributed by atoms with Crippen LogP contribution in [0.25, 0.3) is 17.2 Å². The van der Waals surface area contributed by atoms with E-state index in [1.807, 2.05) is 12.1 Å². The van der Waals surface area contributed by atoms with Crippen molar-refractivity contribution in [3.05, 3.63) is 111 Å². The molecule has 5 heteroatoms. The lowest BCUT2D eigenvalue weighted by molar-refractivity contribution is 0.0696. The molecule has 1 saturated carbocycles. The normalized spacial score (nSPS) is 17.4. The Morgan fingerprint density at radius 2 is 1.74 bits per heavy atom. The number of likely N-dealkylation sites (tertiary alicyclic amines) is 1. The van der Waals surface area contributed by atoms with Crippen LogP contribution < -0.4 is 0 Å². The van der Waals surface area contributed by atoms with Crippen molar-refractivity contribution >= 4 is 23.2 Å². The molecule has 0 unspecified atom stereocenters. The maximum absolute atomic E-state index is 15.6. The van der Waals surface area contributed by atoms with Crippen molar-refractivity contribution in [3.63, 3.8) is 0 Å². The van der Waals surface area contributed by atoms with E-state index in [2.05, 4.69) is 41.3 Å². The number of benzene rings is 3. The van der Waals surface area contributed by atoms with Crippen molar-refractivity contribution in [2.24, 2.45) is 0 Å². The third-order valence-electron chi connectivity index (χ3n) is 8.19. The highest BCUT2D eigenvalue weighted by atomic mass is 19.1. The van der Waals surface area contributed by atoms with E-state index in [0.29, 0.717) is 24.3 Å². The Kier molecular flexibility index (Phi) is 7.18. The third kappa shape index (κ3) is 5.46. The van der Waals surface area contributed by atoms with Gasteiger partial charge in [0, 0.05) is 25.2 Å². The maximum Gasteiger partial charge on any atom is 0.335 e. The second kappa shape index (κ2) is 10.9. The summed E-state index contributed by atoms with van der Waals surface area (Å²) in [7, 11) is 0. The van der Waals surface area contributed by atoms with E-state index in [4.69, 9.17) is 0 Å². The van der Waals surface area contributed by atoms with Crippen LogP contribution in [0.4, 0.5) is 8.78 Å². The number of aromatic carboxylic acids is 1. The Morgan fingerprint density at radius 1 is 0.974 bits per heavy atom. The highest BCUT2D eigenvalue weighted by Crippen LogP contribution is 2.44. The van der Waals surface area contributed by atoms with Crippen LogP contribution in [0.15, 0.2) is 66.2 Å². The summed E-state index contributed by atoms with van der Waals surface area (Å²) in [5, 5.41) is 9.58. The van der Waals surface area contributed by atoms with Gasteiger partial charge in [-0.2, -0.15) is 0 Å². The average Bonchev–Trinajstić information content (AvgIpc) is 3.77. The van der Waals surface area contributed by atoms with Crippen LogP contribution >= 0.6 is 0 Å². The van der Waals surface area contributed by atoms with E-state index >= 15 is 4.39 Å². The van der Waals surface area contributed by atoms with Gasteiger partial charge in [0.15, 0.2) is 0 Å². The molecule has 1 heterocycles. The summed E-state index contributed by atoms with van der Waals surface area (Å²) in [6, 6.07) is 19.4. The lowest BCUT2D eigenvalue weighted by Crippen LogP contribution is -2.40. The predicted molar refractivity (Wildman–Crippen MR) is 152 cm³/mol. The monoisotopic (exact) mass is 525 g/mol. The van der Waals surface area contributed by atoms with Crippen LogP contribution in [-0.4, -0.2) is 42.3 Å². The number of carboxylic acid groups (broad SMARTS) is 1. The van der Waals surface area contributed by atoms with E-state index in [1.165, 1.54) is 5.57 Å². The number of hydrogen-bond donors (Lipinski definition) is 1. The predicted octanol–water partition coefficient (Wildman–Crippen LogP) is 7.76. The Labute approximate surface area is 228 Å². The van der Waals surface area contributed by atoms with Crippen molar-refractivity contribution in [1.29, 1.82) is 0 Å². The number of aryl methyl sites for hydroxylation is 1. The van der Waals surface area contributed by atoms with E-state index < -0.39 is 5.97 Å². The molecule has 0 amide bonds. The molecule has 2 fully saturated rings. The maximum atomic E-state index is 15.6. The highest BCUT2D eigenvalue weighted by molar-refractivity contribution is 6.01. The van der Waals surface area contributed by atoms with E-state index in [1.54, 1.807) is 18.2 Å². The molecular formula is C34H33F2NO2. The largest absolute Gasteiger partial charge is 0.478 e. The second-order valence-electron chi connectivity index (χ2n) is 11.1. The molecule has 1 saturated heterocycles. The fourth-order valence-electron chi connectivity index (χ4n) is 6.01. The van der Waals surface area contributed by atoms with Crippen molar-refractivity contribution in [2.45, 2.75) is 44.4 Å². The van der Waals surface area contributed by atoms with Crippen molar-refractivity contribution in [3.8, 4) is 0 Å². The molecule has 0 radical (unpaired) electrons. The molecule has 3 nitrogen and oxygen atoms in total. The van der Waals surface area contributed by atoms with Gasteiger partial charge in [-0.25, -0.2) is 9.18 Å².